The van der Waals surface area contributed by atoms with Crippen LogP contribution in [-0.4, -0.2) is 53.6 Å². The summed E-state index contributed by atoms with van der Waals surface area (Å²) in [4.78, 5) is 5.02. The summed E-state index contributed by atoms with van der Waals surface area (Å²) in [6, 6.07) is 11.8. The molecule has 5 nitrogen and oxygen atoms in total. The Kier molecular flexibility index (Phi) is 5.22. The van der Waals surface area contributed by atoms with Gasteiger partial charge < -0.3 is 15.1 Å². The van der Waals surface area contributed by atoms with Crippen molar-refractivity contribution in [1.82, 2.24) is 4.90 Å². The third kappa shape index (κ3) is 3.76. The lowest BCUT2D eigenvalue weighted by molar-refractivity contribution is 0.313. The highest BCUT2D eigenvalue weighted by atomic mass is 35.5. The molecule has 0 radical (unpaired) electrons. The average Bonchev–Trinajstić information content (AvgIpc) is 2.61. The summed E-state index contributed by atoms with van der Waals surface area (Å²) >= 11 is 5.96. The zero-order chi connectivity index (χ0) is 18.0. The molecule has 25 heavy (non-hydrogen) atoms. The van der Waals surface area contributed by atoms with Crippen LogP contribution in [0.4, 0.5) is 11.4 Å². The first-order chi connectivity index (χ1) is 11.9. The van der Waals surface area contributed by atoms with E-state index in [-0.39, 0.29) is 9.79 Å². The third-order valence-electron chi connectivity index (χ3n) is 4.50. The fourth-order valence-corrected chi connectivity index (χ4v) is 4.72. The lowest BCUT2D eigenvalue weighted by atomic mass is 10.2. The van der Waals surface area contributed by atoms with Crippen LogP contribution in [0.1, 0.15) is 0 Å². The van der Waals surface area contributed by atoms with Gasteiger partial charge in [0.2, 0.25) is 9.84 Å². The highest BCUT2D eigenvalue weighted by Gasteiger charge is 2.23. The number of nitrogens with one attached hydrogen (secondary N) is 1. The fourth-order valence-electron chi connectivity index (χ4n) is 2.97. The molecule has 1 fully saturated rings. The van der Waals surface area contributed by atoms with Gasteiger partial charge in [0.05, 0.1) is 15.5 Å². The summed E-state index contributed by atoms with van der Waals surface area (Å²) in [5, 5.41) is 3.43. The molecular weight excluding hydrogens is 358 g/mol. The van der Waals surface area contributed by atoms with Crippen molar-refractivity contribution in [3.63, 3.8) is 0 Å². The van der Waals surface area contributed by atoms with Gasteiger partial charge >= 0.3 is 0 Å². The first-order valence-corrected chi connectivity index (χ1v) is 10.0. The quantitative estimate of drug-likeness (QED) is 0.885. The first kappa shape index (κ1) is 18.0. The largest absolute Gasteiger partial charge is 0.387 e. The van der Waals surface area contributed by atoms with E-state index in [1.807, 2.05) is 12.1 Å². The first-order valence-electron chi connectivity index (χ1n) is 8.18. The third-order valence-corrected chi connectivity index (χ3v) is 6.54. The molecule has 7 heteroatoms. The number of sulfone groups is 1. The van der Waals surface area contributed by atoms with E-state index in [4.69, 9.17) is 11.6 Å². The molecule has 134 valence electrons. The lowest BCUT2D eigenvalue weighted by Crippen LogP contribution is -2.44. The van der Waals surface area contributed by atoms with Gasteiger partial charge in [-0.1, -0.05) is 17.7 Å². The van der Waals surface area contributed by atoms with E-state index in [1.165, 1.54) is 6.07 Å². The number of halogens is 1. The van der Waals surface area contributed by atoms with E-state index >= 15 is 0 Å². The van der Waals surface area contributed by atoms with Gasteiger partial charge in [0.25, 0.3) is 0 Å². The number of rotatable bonds is 4. The molecule has 1 saturated heterocycles. The van der Waals surface area contributed by atoms with Gasteiger partial charge in [0.1, 0.15) is 0 Å². The van der Waals surface area contributed by atoms with E-state index in [2.05, 4.69) is 22.2 Å². The minimum absolute atomic E-state index is 0.198. The summed E-state index contributed by atoms with van der Waals surface area (Å²) in [7, 11) is 0.210. The molecule has 0 aliphatic carbocycles. The van der Waals surface area contributed by atoms with Crippen LogP contribution in [-0.2, 0) is 9.84 Å². The number of likely N-dealkylation sites (N-methyl/N-ethyl adjacent to an activating group) is 1. The maximum absolute atomic E-state index is 13.0. The van der Waals surface area contributed by atoms with E-state index in [1.54, 1.807) is 31.3 Å². The molecule has 0 saturated carbocycles. The highest BCUT2D eigenvalue weighted by molar-refractivity contribution is 7.91. The Morgan fingerprint density at radius 3 is 2.40 bits per heavy atom. The SMILES string of the molecule is CNc1cc(N2CCN(C)CC2)ccc1S(=O)(=O)c1cccc(Cl)c1. The lowest BCUT2D eigenvalue weighted by Gasteiger charge is -2.34. The van der Waals surface area contributed by atoms with Gasteiger partial charge in [-0.2, -0.15) is 0 Å². The molecule has 0 unspecified atom stereocenters. The second kappa shape index (κ2) is 7.23. The summed E-state index contributed by atoms with van der Waals surface area (Å²) in [6.45, 7) is 3.86. The number of hydrogen-bond acceptors (Lipinski definition) is 5. The molecule has 1 aliphatic heterocycles. The second-order valence-electron chi connectivity index (χ2n) is 6.18. The van der Waals surface area contributed by atoms with Crippen molar-refractivity contribution in [2.45, 2.75) is 9.79 Å². The molecule has 1 heterocycles. The van der Waals surface area contributed by atoms with Crippen LogP contribution in [0.25, 0.3) is 0 Å². The molecule has 0 bridgehead atoms. The predicted octanol–water partition coefficient (Wildman–Crippen LogP) is 2.97. The van der Waals surface area contributed by atoms with Crippen LogP contribution in [0, 0.1) is 0 Å². The van der Waals surface area contributed by atoms with Gasteiger partial charge in [-0.3, -0.25) is 0 Å². The van der Waals surface area contributed by atoms with Crippen LogP contribution in [0.15, 0.2) is 52.3 Å². The van der Waals surface area contributed by atoms with Crippen molar-refractivity contribution >= 4 is 32.8 Å². The maximum atomic E-state index is 13.0. The molecule has 0 spiro atoms. The van der Waals surface area contributed by atoms with E-state index < -0.39 is 9.84 Å². The van der Waals surface area contributed by atoms with E-state index in [0.29, 0.717) is 10.7 Å². The van der Waals surface area contributed by atoms with Crippen LogP contribution in [0.5, 0.6) is 0 Å². The molecule has 3 rings (SSSR count). The molecule has 0 atom stereocenters. The molecule has 2 aromatic carbocycles. The van der Waals surface area contributed by atoms with E-state index in [0.717, 1.165) is 31.9 Å². The van der Waals surface area contributed by atoms with Gasteiger partial charge in [0, 0.05) is 43.9 Å². The maximum Gasteiger partial charge on any atom is 0.208 e. The number of nitrogens with zero attached hydrogens (tertiary/aromatic N) is 2. The zero-order valence-electron chi connectivity index (χ0n) is 14.4. The number of hydrogen-bond donors (Lipinski definition) is 1. The molecule has 2 aromatic rings. The Morgan fingerprint density at radius 2 is 1.76 bits per heavy atom. The second-order valence-corrected chi connectivity index (χ2v) is 8.54. The molecule has 1 N–H and O–H groups in total. The molecular formula is C18H22ClN3O2S. The van der Waals surface area contributed by atoms with Gasteiger partial charge in [-0.25, -0.2) is 8.42 Å². The summed E-state index contributed by atoms with van der Waals surface area (Å²) in [5.41, 5.74) is 1.62. The fraction of sp³-hybridized carbons (Fsp3) is 0.333. The van der Waals surface area contributed by atoms with Gasteiger partial charge in [-0.15, -0.1) is 0 Å². The Hall–Kier alpha value is -1.76. The minimum Gasteiger partial charge on any atom is -0.387 e. The topological polar surface area (TPSA) is 52.6 Å². The number of anilines is 2. The van der Waals surface area contributed by atoms with Crippen molar-refractivity contribution < 1.29 is 8.42 Å². The van der Waals surface area contributed by atoms with Crippen molar-refractivity contribution in [2.24, 2.45) is 0 Å². The Bertz CT molecular complexity index is 862. The van der Waals surface area contributed by atoms with Crippen molar-refractivity contribution in [3.8, 4) is 0 Å². The van der Waals surface area contributed by atoms with Gasteiger partial charge in [0.15, 0.2) is 0 Å². The highest BCUT2D eigenvalue weighted by Crippen LogP contribution is 2.32. The number of benzene rings is 2. The average molecular weight is 380 g/mol. The normalized spacial score (nSPS) is 16.0. The van der Waals surface area contributed by atoms with Crippen molar-refractivity contribution in [2.75, 3.05) is 50.5 Å². The van der Waals surface area contributed by atoms with Crippen LogP contribution < -0.4 is 10.2 Å². The summed E-state index contributed by atoms with van der Waals surface area (Å²) in [5.74, 6) is 0. The van der Waals surface area contributed by atoms with Crippen LogP contribution >= 0.6 is 11.6 Å². The van der Waals surface area contributed by atoms with Crippen molar-refractivity contribution in [3.05, 3.63) is 47.5 Å². The number of piperazine rings is 1. The molecule has 0 amide bonds. The predicted molar refractivity (Wildman–Crippen MR) is 103 cm³/mol. The van der Waals surface area contributed by atoms with Crippen molar-refractivity contribution in [1.29, 1.82) is 0 Å². The van der Waals surface area contributed by atoms with Crippen LogP contribution in [0.3, 0.4) is 0 Å². The van der Waals surface area contributed by atoms with Crippen LogP contribution in [0.2, 0.25) is 5.02 Å². The summed E-state index contributed by atoms with van der Waals surface area (Å²) < 4.78 is 26.0. The minimum atomic E-state index is -3.63. The zero-order valence-corrected chi connectivity index (χ0v) is 15.9. The monoisotopic (exact) mass is 379 g/mol. The Balaban J connectivity index is 1.97. The Labute approximate surface area is 154 Å². The standard InChI is InChI=1S/C18H22ClN3O2S/c1-20-17-13-15(22-10-8-21(2)9-11-22)6-7-18(17)25(23,24)16-5-3-4-14(19)12-16/h3-7,12-13,20H,8-11H2,1-2H3. The van der Waals surface area contributed by atoms with Gasteiger partial charge in [-0.05, 0) is 43.4 Å². The summed E-state index contributed by atoms with van der Waals surface area (Å²) in [6.07, 6.45) is 0. The molecule has 1 aliphatic rings. The Morgan fingerprint density at radius 1 is 1.04 bits per heavy atom. The smallest absolute Gasteiger partial charge is 0.208 e. The van der Waals surface area contributed by atoms with E-state index in [9.17, 15) is 8.42 Å². The molecule has 0 aromatic heterocycles.